The van der Waals surface area contributed by atoms with E-state index >= 15 is 0 Å². The minimum Gasteiger partial charge on any atom is -0.321 e. The lowest BCUT2D eigenvalue weighted by Gasteiger charge is -2.16. The number of aromatic amines is 1. The fourth-order valence-corrected chi connectivity index (χ4v) is 3.18. The van der Waals surface area contributed by atoms with Crippen LogP contribution in [0.15, 0.2) is 54.6 Å². The summed E-state index contributed by atoms with van der Waals surface area (Å²) in [5, 5.41) is 9.88. The van der Waals surface area contributed by atoms with Crippen LogP contribution in [0.1, 0.15) is 28.9 Å². The number of anilines is 2. The predicted molar refractivity (Wildman–Crippen MR) is 105 cm³/mol. The Bertz CT molecular complexity index is 991. The number of hydrogen-bond acceptors (Lipinski definition) is 3. The number of H-pyrrole nitrogens is 1. The van der Waals surface area contributed by atoms with Crippen molar-refractivity contribution < 1.29 is 9.59 Å². The first-order chi connectivity index (χ1) is 13.1. The fraction of sp³-hybridized carbons (Fsp3) is 0.190. The van der Waals surface area contributed by atoms with Crippen LogP contribution in [0.4, 0.5) is 11.4 Å². The molecule has 27 heavy (non-hydrogen) atoms. The molecule has 136 valence electrons. The van der Waals surface area contributed by atoms with Crippen molar-refractivity contribution in [3.8, 4) is 11.3 Å². The van der Waals surface area contributed by atoms with E-state index in [2.05, 4.69) is 15.5 Å². The molecule has 0 spiro atoms. The molecule has 2 amide bonds. The third-order valence-electron chi connectivity index (χ3n) is 4.66. The van der Waals surface area contributed by atoms with Crippen molar-refractivity contribution in [2.45, 2.75) is 19.8 Å². The number of carbonyl (C=O) groups excluding carboxylic acids is 2. The van der Waals surface area contributed by atoms with Crippen molar-refractivity contribution in [2.24, 2.45) is 0 Å². The summed E-state index contributed by atoms with van der Waals surface area (Å²) in [5.74, 6) is -0.152. The number of rotatable bonds is 4. The summed E-state index contributed by atoms with van der Waals surface area (Å²) in [4.78, 5) is 26.2. The molecule has 0 radical (unpaired) electrons. The van der Waals surface area contributed by atoms with E-state index < -0.39 is 0 Å². The van der Waals surface area contributed by atoms with Gasteiger partial charge in [-0.05, 0) is 37.6 Å². The molecule has 1 fully saturated rings. The molecular weight excluding hydrogens is 340 g/mol. The Kier molecular flexibility index (Phi) is 4.46. The second-order valence-electron chi connectivity index (χ2n) is 6.69. The monoisotopic (exact) mass is 360 g/mol. The van der Waals surface area contributed by atoms with Gasteiger partial charge in [-0.15, -0.1) is 0 Å². The topological polar surface area (TPSA) is 78.1 Å². The van der Waals surface area contributed by atoms with Gasteiger partial charge in [-0.1, -0.05) is 35.9 Å². The molecular formula is C21H20N4O2. The van der Waals surface area contributed by atoms with E-state index in [4.69, 9.17) is 0 Å². The van der Waals surface area contributed by atoms with Gasteiger partial charge < -0.3 is 10.2 Å². The molecule has 2 heterocycles. The highest BCUT2D eigenvalue weighted by Crippen LogP contribution is 2.25. The smallest absolute Gasteiger partial charge is 0.273 e. The van der Waals surface area contributed by atoms with Crippen molar-refractivity contribution in [2.75, 3.05) is 16.8 Å². The van der Waals surface area contributed by atoms with Crippen LogP contribution >= 0.6 is 0 Å². The van der Waals surface area contributed by atoms with Gasteiger partial charge in [0.15, 0.2) is 0 Å². The van der Waals surface area contributed by atoms with Gasteiger partial charge in [0.1, 0.15) is 5.69 Å². The zero-order chi connectivity index (χ0) is 18.8. The lowest BCUT2D eigenvalue weighted by atomic mass is 10.1. The summed E-state index contributed by atoms with van der Waals surface area (Å²) in [6.07, 6.45) is 1.44. The first-order valence-electron chi connectivity index (χ1n) is 8.94. The second kappa shape index (κ2) is 7.07. The Morgan fingerprint density at radius 3 is 2.70 bits per heavy atom. The largest absolute Gasteiger partial charge is 0.321 e. The summed E-state index contributed by atoms with van der Waals surface area (Å²) in [6.45, 7) is 2.74. The maximum absolute atomic E-state index is 12.5. The van der Waals surface area contributed by atoms with Gasteiger partial charge in [0.25, 0.3) is 5.91 Å². The zero-order valence-corrected chi connectivity index (χ0v) is 15.0. The summed E-state index contributed by atoms with van der Waals surface area (Å²) in [5.41, 5.74) is 4.67. The number of nitrogens with zero attached hydrogens (tertiary/aromatic N) is 2. The van der Waals surface area contributed by atoms with Crippen LogP contribution in [0, 0.1) is 6.92 Å². The summed E-state index contributed by atoms with van der Waals surface area (Å²) in [6, 6.07) is 17.0. The molecule has 1 aromatic heterocycles. The zero-order valence-electron chi connectivity index (χ0n) is 15.0. The van der Waals surface area contributed by atoms with Crippen LogP contribution in [0.25, 0.3) is 11.3 Å². The van der Waals surface area contributed by atoms with Crippen LogP contribution in [-0.2, 0) is 4.79 Å². The standard InChI is InChI=1S/C21H20N4O2/c1-14-7-9-15(10-8-14)18-13-19(24-23-18)21(27)22-16-4-2-5-17(12-16)25-11-3-6-20(25)26/h2,4-5,7-10,12-13H,3,6,11H2,1H3,(H,22,27)(H,23,24). The molecule has 1 saturated heterocycles. The lowest BCUT2D eigenvalue weighted by molar-refractivity contribution is -0.117. The third-order valence-corrected chi connectivity index (χ3v) is 4.66. The molecule has 0 unspecified atom stereocenters. The molecule has 6 nitrogen and oxygen atoms in total. The second-order valence-corrected chi connectivity index (χ2v) is 6.69. The molecule has 2 aromatic carbocycles. The molecule has 4 rings (SSSR count). The normalized spacial score (nSPS) is 13.8. The van der Waals surface area contributed by atoms with Gasteiger partial charge in [-0.2, -0.15) is 5.10 Å². The van der Waals surface area contributed by atoms with Gasteiger partial charge in [-0.3, -0.25) is 14.7 Å². The maximum Gasteiger partial charge on any atom is 0.273 e. The van der Waals surface area contributed by atoms with Crippen LogP contribution < -0.4 is 10.2 Å². The number of amides is 2. The highest BCUT2D eigenvalue weighted by Gasteiger charge is 2.22. The van der Waals surface area contributed by atoms with Gasteiger partial charge >= 0.3 is 0 Å². The average Bonchev–Trinajstić information content (AvgIpc) is 3.32. The molecule has 0 bridgehead atoms. The number of carbonyl (C=O) groups is 2. The number of hydrogen-bond donors (Lipinski definition) is 2. The van der Waals surface area contributed by atoms with E-state index in [9.17, 15) is 9.59 Å². The maximum atomic E-state index is 12.5. The minimum absolute atomic E-state index is 0.120. The molecule has 6 heteroatoms. The summed E-state index contributed by atoms with van der Waals surface area (Å²) >= 11 is 0. The van der Waals surface area contributed by atoms with Gasteiger partial charge in [0.2, 0.25) is 5.91 Å². The summed E-state index contributed by atoms with van der Waals surface area (Å²) in [7, 11) is 0. The van der Waals surface area contributed by atoms with Gasteiger partial charge in [0, 0.05) is 29.9 Å². The Balaban J connectivity index is 1.50. The lowest BCUT2D eigenvalue weighted by Crippen LogP contribution is -2.23. The summed E-state index contributed by atoms with van der Waals surface area (Å²) < 4.78 is 0. The minimum atomic E-state index is -0.272. The molecule has 0 aliphatic carbocycles. The molecule has 0 saturated carbocycles. The SMILES string of the molecule is Cc1ccc(-c2cc(C(=O)Nc3cccc(N4CCCC4=O)c3)[nH]n2)cc1. The highest BCUT2D eigenvalue weighted by molar-refractivity contribution is 6.04. The quantitative estimate of drug-likeness (QED) is 0.743. The number of nitrogens with one attached hydrogen (secondary N) is 2. The third kappa shape index (κ3) is 3.60. The van der Waals surface area contributed by atoms with E-state index in [1.807, 2.05) is 49.4 Å². The van der Waals surface area contributed by atoms with E-state index in [0.717, 1.165) is 29.9 Å². The van der Waals surface area contributed by atoms with Crippen molar-refractivity contribution in [3.63, 3.8) is 0 Å². The van der Waals surface area contributed by atoms with Gasteiger partial charge in [0.05, 0.1) is 5.69 Å². The van der Waals surface area contributed by atoms with Crippen LogP contribution in [0.2, 0.25) is 0 Å². The van der Waals surface area contributed by atoms with Crippen molar-refractivity contribution in [1.29, 1.82) is 0 Å². The fourth-order valence-electron chi connectivity index (χ4n) is 3.18. The first kappa shape index (κ1) is 17.0. The average molecular weight is 360 g/mol. The molecule has 2 N–H and O–H groups in total. The Hall–Kier alpha value is -3.41. The number of aryl methyl sites for hydroxylation is 1. The van der Waals surface area contributed by atoms with E-state index in [-0.39, 0.29) is 11.8 Å². The molecule has 1 aliphatic heterocycles. The van der Waals surface area contributed by atoms with Crippen molar-refractivity contribution in [1.82, 2.24) is 10.2 Å². The van der Waals surface area contributed by atoms with Crippen LogP contribution in [0.3, 0.4) is 0 Å². The number of aromatic nitrogens is 2. The highest BCUT2D eigenvalue weighted by atomic mass is 16.2. The predicted octanol–water partition coefficient (Wildman–Crippen LogP) is 3.76. The Morgan fingerprint density at radius 1 is 1.15 bits per heavy atom. The Labute approximate surface area is 157 Å². The number of benzene rings is 2. The molecule has 1 aliphatic rings. The molecule has 0 atom stereocenters. The Morgan fingerprint density at radius 2 is 1.96 bits per heavy atom. The van der Waals surface area contributed by atoms with E-state index in [1.165, 1.54) is 5.56 Å². The van der Waals surface area contributed by atoms with Crippen molar-refractivity contribution in [3.05, 3.63) is 65.9 Å². The van der Waals surface area contributed by atoms with Crippen LogP contribution in [0.5, 0.6) is 0 Å². The first-order valence-corrected chi connectivity index (χ1v) is 8.94. The van der Waals surface area contributed by atoms with Crippen LogP contribution in [-0.4, -0.2) is 28.6 Å². The van der Waals surface area contributed by atoms with E-state index in [1.54, 1.807) is 17.0 Å². The van der Waals surface area contributed by atoms with E-state index in [0.29, 0.717) is 17.8 Å². The molecule has 3 aromatic rings. The van der Waals surface area contributed by atoms with Crippen molar-refractivity contribution >= 4 is 23.2 Å². The van der Waals surface area contributed by atoms with Gasteiger partial charge in [-0.25, -0.2) is 0 Å².